The number of hydrogen-bond acceptors (Lipinski definition) is 2. The van der Waals surface area contributed by atoms with Crippen LogP contribution in [0.5, 0.6) is 0 Å². The molecule has 1 unspecified atom stereocenters. The van der Waals surface area contributed by atoms with E-state index in [4.69, 9.17) is 0 Å². The van der Waals surface area contributed by atoms with Crippen LogP contribution in [-0.2, 0) is 0 Å². The maximum Gasteiger partial charge on any atom is 0.149 e. The molecule has 0 radical (unpaired) electrons. The summed E-state index contributed by atoms with van der Waals surface area (Å²) in [7, 11) is 0. The zero-order valence-electron chi connectivity index (χ0n) is 11.5. The fraction of sp³-hybridized carbons (Fsp3) is 0.625. The van der Waals surface area contributed by atoms with Gasteiger partial charge in [0.05, 0.1) is 11.6 Å². The highest BCUT2D eigenvalue weighted by atomic mass is 19.1. The van der Waals surface area contributed by atoms with Gasteiger partial charge in [-0.1, -0.05) is 25.3 Å². The Kier molecular flexibility index (Phi) is 3.67. The van der Waals surface area contributed by atoms with Crippen molar-refractivity contribution in [2.45, 2.75) is 56.6 Å². The molecule has 110 valence electrons. The van der Waals surface area contributed by atoms with E-state index >= 15 is 0 Å². The summed E-state index contributed by atoms with van der Waals surface area (Å²) in [6, 6.07) is 3.59. The third-order valence-electron chi connectivity index (χ3n) is 5.02. The van der Waals surface area contributed by atoms with Crippen LogP contribution in [0.4, 0.5) is 14.5 Å². The first-order chi connectivity index (χ1) is 9.61. The molecule has 0 saturated heterocycles. The van der Waals surface area contributed by atoms with Crippen molar-refractivity contribution in [3.8, 4) is 0 Å². The van der Waals surface area contributed by atoms with E-state index < -0.39 is 17.2 Å². The molecular weight excluding hydrogens is 260 g/mol. The van der Waals surface area contributed by atoms with Crippen molar-refractivity contribution in [3.05, 3.63) is 29.8 Å². The number of nitrogens with one attached hydrogen (secondary N) is 1. The van der Waals surface area contributed by atoms with E-state index in [0.717, 1.165) is 44.9 Å². The molecule has 0 aromatic heterocycles. The van der Waals surface area contributed by atoms with Crippen LogP contribution in [0.3, 0.4) is 0 Å². The normalized spacial score (nSPS) is 33.5. The lowest BCUT2D eigenvalue weighted by molar-refractivity contribution is -0.0836. The smallest absolute Gasteiger partial charge is 0.149 e. The van der Waals surface area contributed by atoms with Gasteiger partial charge in [-0.15, -0.1) is 0 Å². The highest BCUT2D eigenvalue weighted by Crippen LogP contribution is 2.45. The summed E-state index contributed by atoms with van der Waals surface area (Å²) < 4.78 is 27.5. The first kappa shape index (κ1) is 13.8. The molecule has 2 fully saturated rings. The highest BCUT2D eigenvalue weighted by molar-refractivity contribution is 5.47. The fourth-order valence-electron chi connectivity index (χ4n) is 3.93. The number of rotatable bonds is 2. The van der Waals surface area contributed by atoms with Gasteiger partial charge in [-0.05, 0) is 43.7 Å². The van der Waals surface area contributed by atoms with Gasteiger partial charge < -0.3 is 10.4 Å². The Hall–Kier alpha value is -1.16. The Balaban J connectivity index is 1.85. The van der Waals surface area contributed by atoms with Crippen LogP contribution in [0.25, 0.3) is 0 Å². The Morgan fingerprint density at radius 1 is 1.05 bits per heavy atom. The molecule has 0 bridgehead atoms. The van der Waals surface area contributed by atoms with Crippen LogP contribution < -0.4 is 5.32 Å². The van der Waals surface area contributed by atoms with E-state index in [9.17, 15) is 13.9 Å². The number of benzene rings is 1. The molecule has 2 nitrogen and oxygen atoms in total. The van der Waals surface area contributed by atoms with Crippen molar-refractivity contribution >= 4 is 5.69 Å². The van der Waals surface area contributed by atoms with E-state index in [1.54, 1.807) is 0 Å². The minimum atomic E-state index is -0.814. The number of anilines is 1. The monoisotopic (exact) mass is 281 g/mol. The van der Waals surface area contributed by atoms with Gasteiger partial charge in [0.1, 0.15) is 17.3 Å². The standard InChI is InChI=1S/C16H21F2NO/c17-12-7-4-8-13(18)15(12)19-14-9-3-6-11-5-1-2-10-16(11,14)20/h4,7-8,11,14,19-20H,1-3,5-6,9-10H2/t11-,14?,16-/m1/s1. The molecule has 2 N–H and O–H groups in total. The van der Waals surface area contributed by atoms with Gasteiger partial charge in [0.25, 0.3) is 0 Å². The van der Waals surface area contributed by atoms with Crippen LogP contribution in [0.1, 0.15) is 44.9 Å². The quantitative estimate of drug-likeness (QED) is 0.863. The van der Waals surface area contributed by atoms with Crippen molar-refractivity contribution < 1.29 is 13.9 Å². The van der Waals surface area contributed by atoms with Crippen LogP contribution in [0.2, 0.25) is 0 Å². The third-order valence-corrected chi connectivity index (χ3v) is 5.02. The van der Waals surface area contributed by atoms with E-state index in [1.807, 2.05) is 0 Å². The summed E-state index contributed by atoms with van der Waals surface area (Å²) in [5.74, 6) is -0.921. The summed E-state index contributed by atoms with van der Waals surface area (Å²) in [5.41, 5.74) is -0.914. The molecule has 1 aromatic carbocycles. The molecule has 2 aliphatic carbocycles. The second-order valence-corrected chi connectivity index (χ2v) is 6.16. The molecular formula is C16H21F2NO. The van der Waals surface area contributed by atoms with Gasteiger partial charge in [-0.3, -0.25) is 0 Å². The molecule has 0 amide bonds. The maximum atomic E-state index is 13.8. The number of aliphatic hydroxyl groups is 1. The molecule has 0 heterocycles. The summed E-state index contributed by atoms with van der Waals surface area (Å²) in [4.78, 5) is 0. The molecule has 4 heteroatoms. The fourth-order valence-corrected chi connectivity index (χ4v) is 3.93. The largest absolute Gasteiger partial charge is 0.387 e. The van der Waals surface area contributed by atoms with Crippen molar-refractivity contribution in [1.29, 1.82) is 0 Å². The summed E-state index contributed by atoms with van der Waals surface area (Å²) in [6.45, 7) is 0. The van der Waals surface area contributed by atoms with Gasteiger partial charge in [0.15, 0.2) is 0 Å². The molecule has 1 aromatic rings. The molecule has 2 saturated carbocycles. The average molecular weight is 281 g/mol. The third kappa shape index (κ3) is 2.30. The Morgan fingerprint density at radius 3 is 2.50 bits per heavy atom. The molecule has 0 spiro atoms. The van der Waals surface area contributed by atoms with Gasteiger partial charge in [0, 0.05) is 0 Å². The van der Waals surface area contributed by atoms with Crippen LogP contribution in [-0.4, -0.2) is 16.7 Å². The second-order valence-electron chi connectivity index (χ2n) is 6.16. The number of para-hydroxylation sites is 1. The zero-order valence-corrected chi connectivity index (χ0v) is 11.5. The van der Waals surface area contributed by atoms with Gasteiger partial charge in [-0.25, -0.2) is 8.78 Å². The average Bonchev–Trinajstić information content (AvgIpc) is 2.43. The topological polar surface area (TPSA) is 32.3 Å². The molecule has 3 atom stereocenters. The van der Waals surface area contributed by atoms with E-state index in [-0.39, 0.29) is 17.6 Å². The number of hydrogen-bond donors (Lipinski definition) is 2. The second kappa shape index (κ2) is 5.32. The molecule has 2 aliphatic rings. The Bertz CT molecular complexity index is 471. The van der Waals surface area contributed by atoms with Crippen LogP contribution in [0.15, 0.2) is 18.2 Å². The van der Waals surface area contributed by atoms with Crippen LogP contribution >= 0.6 is 0 Å². The van der Waals surface area contributed by atoms with Crippen LogP contribution in [0, 0.1) is 17.6 Å². The minimum absolute atomic E-state index is 0.0999. The lowest BCUT2D eigenvalue weighted by atomic mass is 9.65. The van der Waals surface area contributed by atoms with E-state index in [1.165, 1.54) is 18.2 Å². The lowest BCUT2D eigenvalue weighted by Crippen LogP contribution is -2.56. The highest BCUT2D eigenvalue weighted by Gasteiger charge is 2.47. The lowest BCUT2D eigenvalue weighted by Gasteiger charge is -2.49. The number of halogens is 2. The number of fused-ring (bicyclic) bond motifs is 1. The predicted octanol–water partition coefficient (Wildman–Crippen LogP) is 3.85. The van der Waals surface area contributed by atoms with Crippen molar-refractivity contribution in [2.75, 3.05) is 5.32 Å². The van der Waals surface area contributed by atoms with Gasteiger partial charge in [0.2, 0.25) is 0 Å². The summed E-state index contributed by atoms with van der Waals surface area (Å²) in [6.07, 6.45) is 6.68. The Labute approximate surface area is 118 Å². The Morgan fingerprint density at radius 2 is 1.75 bits per heavy atom. The predicted molar refractivity (Wildman–Crippen MR) is 74.5 cm³/mol. The van der Waals surface area contributed by atoms with Gasteiger partial charge in [-0.2, -0.15) is 0 Å². The van der Waals surface area contributed by atoms with Crippen molar-refractivity contribution in [1.82, 2.24) is 0 Å². The summed E-state index contributed by atoms with van der Waals surface area (Å²) in [5, 5.41) is 13.9. The van der Waals surface area contributed by atoms with Crippen molar-refractivity contribution in [3.63, 3.8) is 0 Å². The first-order valence-corrected chi connectivity index (χ1v) is 7.54. The molecule has 3 rings (SSSR count). The maximum absolute atomic E-state index is 13.8. The summed E-state index contributed by atoms with van der Waals surface area (Å²) >= 11 is 0. The van der Waals surface area contributed by atoms with E-state index in [0.29, 0.717) is 0 Å². The molecule has 20 heavy (non-hydrogen) atoms. The SMILES string of the molecule is O[C@]12CCCC[C@@H]1CCCC2Nc1c(F)cccc1F. The van der Waals surface area contributed by atoms with Gasteiger partial charge >= 0.3 is 0 Å². The van der Waals surface area contributed by atoms with E-state index in [2.05, 4.69) is 5.32 Å². The first-order valence-electron chi connectivity index (χ1n) is 7.54. The van der Waals surface area contributed by atoms with Crippen molar-refractivity contribution in [2.24, 2.45) is 5.92 Å². The molecule has 0 aliphatic heterocycles. The zero-order chi connectivity index (χ0) is 14.2. The minimum Gasteiger partial charge on any atom is -0.387 e.